The molecule has 0 saturated heterocycles. The normalized spacial score (nSPS) is 9.65. The van der Waals surface area contributed by atoms with Crippen molar-refractivity contribution in [1.82, 2.24) is 4.98 Å². The van der Waals surface area contributed by atoms with E-state index < -0.39 is 12.0 Å². The zero-order valence-electron chi connectivity index (χ0n) is 10.8. The predicted molar refractivity (Wildman–Crippen MR) is 74.6 cm³/mol. The molecule has 0 spiro atoms. The molecule has 2 rings (SSSR count). The van der Waals surface area contributed by atoms with Crippen molar-refractivity contribution in [2.75, 3.05) is 10.6 Å². The number of anilines is 2. The summed E-state index contributed by atoms with van der Waals surface area (Å²) in [5.74, 6) is 0.398. The van der Waals surface area contributed by atoms with E-state index in [9.17, 15) is 9.59 Å². The van der Waals surface area contributed by atoms with Crippen LogP contribution in [-0.4, -0.2) is 17.0 Å². The van der Waals surface area contributed by atoms with E-state index in [1.165, 1.54) is 6.92 Å². The lowest BCUT2D eigenvalue weighted by atomic mass is 10.3. The van der Waals surface area contributed by atoms with Crippen molar-refractivity contribution >= 4 is 23.5 Å². The maximum absolute atomic E-state index is 11.7. The number of nitrogens with zero attached hydrogens (tertiary/aromatic N) is 1. The second-order valence-electron chi connectivity index (χ2n) is 3.92. The highest BCUT2D eigenvalue weighted by Gasteiger charge is 2.05. The largest absolute Gasteiger partial charge is 0.427 e. The molecule has 0 aliphatic carbocycles. The molecule has 102 valence electrons. The molecule has 6 heteroatoms. The number of rotatable bonds is 3. The second-order valence-corrected chi connectivity index (χ2v) is 3.92. The van der Waals surface area contributed by atoms with E-state index in [0.717, 1.165) is 0 Å². The molecule has 0 bridgehead atoms. The highest BCUT2D eigenvalue weighted by atomic mass is 16.5. The van der Waals surface area contributed by atoms with E-state index in [2.05, 4.69) is 15.6 Å². The number of benzene rings is 1. The van der Waals surface area contributed by atoms with Gasteiger partial charge in [0.1, 0.15) is 11.6 Å². The first-order chi connectivity index (χ1) is 9.63. The molecule has 0 unspecified atom stereocenters. The summed E-state index contributed by atoms with van der Waals surface area (Å²) in [5.41, 5.74) is 0.511. The topological polar surface area (TPSA) is 80.3 Å². The predicted octanol–water partition coefficient (Wildman–Crippen LogP) is 2.65. The number of nitrogens with one attached hydrogen (secondary N) is 2. The lowest BCUT2D eigenvalue weighted by Gasteiger charge is -2.08. The molecular weight excluding hydrogens is 258 g/mol. The number of carbonyl (C=O) groups is 2. The van der Waals surface area contributed by atoms with Crippen LogP contribution in [0.15, 0.2) is 48.7 Å². The van der Waals surface area contributed by atoms with Gasteiger partial charge >= 0.3 is 12.0 Å². The second kappa shape index (κ2) is 6.33. The Morgan fingerprint density at radius 1 is 1.10 bits per heavy atom. The van der Waals surface area contributed by atoms with Gasteiger partial charge in [-0.25, -0.2) is 9.78 Å². The summed E-state index contributed by atoms with van der Waals surface area (Å²) in [7, 11) is 0. The van der Waals surface area contributed by atoms with Crippen LogP contribution in [0.3, 0.4) is 0 Å². The van der Waals surface area contributed by atoms with Gasteiger partial charge in [0.25, 0.3) is 0 Å². The first kappa shape index (κ1) is 13.5. The number of ether oxygens (including phenoxy) is 1. The van der Waals surface area contributed by atoms with Crippen molar-refractivity contribution < 1.29 is 14.3 Å². The standard InChI is InChI=1S/C14H13N3O3/c1-10(18)20-12-6-4-5-11(9-12)16-14(19)17-13-7-2-3-8-15-13/h2-9H,1H3,(H2,15,16,17,19). The van der Waals surface area contributed by atoms with Gasteiger partial charge in [0.15, 0.2) is 0 Å². The minimum atomic E-state index is -0.427. The fraction of sp³-hybridized carbons (Fsp3) is 0.0714. The minimum absolute atomic E-state index is 0.369. The zero-order valence-corrected chi connectivity index (χ0v) is 10.8. The third-order valence-electron chi connectivity index (χ3n) is 2.26. The van der Waals surface area contributed by atoms with Gasteiger partial charge in [-0.15, -0.1) is 0 Å². The fourth-order valence-corrected chi connectivity index (χ4v) is 1.52. The Balaban J connectivity index is 1.99. The number of aromatic nitrogens is 1. The van der Waals surface area contributed by atoms with Crippen LogP contribution in [0.2, 0.25) is 0 Å². The smallest absolute Gasteiger partial charge is 0.324 e. The van der Waals surface area contributed by atoms with Crippen LogP contribution in [0.5, 0.6) is 5.75 Å². The monoisotopic (exact) mass is 271 g/mol. The molecule has 20 heavy (non-hydrogen) atoms. The van der Waals surface area contributed by atoms with Crippen LogP contribution >= 0.6 is 0 Å². The van der Waals surface area contributed by atoms with E-state index in [1.54, 1.807) is 48.7 Å². The minimum Gasteiger partial charge on any atom is -0.427 e. The van der Waals surface area contributed by atoms with E-state index in [0.29, 0.717) is 17.3 Å². The number of urea groups is 1. The van der Waals surface area contributed by atoms with Crippen molar-refractivity contribution in [3.63, 3.8) is 0 Å². The van der Waals surface area contributed by atoms with E-state index >= 15 is 0 Å². The lowest BCUT2D eigenvalue weighted by molar-refractivity contribution is -0.131. The Bertz CT molecular complexity index is 614. The average Bonchev–Trinajstić information content (AvgIpc) is 2.39. The van der Waals surface area contributed by atoms with Crippen LogP contribution in [0.1, 0.15) is 6.92 Å². The molecular formula is C14H13N3O3. The maximum Gasteiger partial charge on any atom is 0.324 e. The van der Waals surface area contributed by atoms with Gasteiger partial charge in [-0.05, 0) is 24.3 Å². The summed E-state index contributed by atoms with van der Waals surface area (Å²) in [6.07, 6.45) is 1.58. The van der Waals surface area contributed by atoms with Gasteiger partial charge in [-0.3, -0.25) is 10.1 Å². The number of hydrogen-bond donors (Lipinski definition) is 2. The van der Waals surface area contributed by atoms with E-state index in [1.807, 2.05) is 0 Å². The summed E-state index contributed by atoms with van der Waals surface area (Å²) in [6, 6.07) is 11.3. The molecule has 0 saturated carbocycles. The van der Waals surface area contributed by atoms with E-state index in [-0.39, 0.29) is 0 Å². The van der Waals surface area contributed by atoms with Gasteiger partial charge in [-0.2, -0.15) is 0 Å². The highest BCUT2D eigenvalue weighted by molar-refractivity contribution is 5.99. The molecule has 2 N–H and O–H groups in total. The Morgan fingerprint density at radius 3 is 2.65 bits per heavy atom. The Hall–Kier alpha value is -2.89. The van der Waals surface area contributed by atoms with Gasteiger partial charge in [0, 0.05) is 24.9 Å². The molecule has 1 heterocycles. The molecule has 0 atom stereocenters. The number of esters is 1. The molecule has 0 aliphatic heterocycles. The first-order valence-electron chi connectivity index (χ1n) is 5.91. The Labute approximate surface area is 115 Å². The van der Waals surface area contributed by atoms with E-state index in [4.69, 9.17) is 4.74 Å². The molecule has 0 aliphatic rings. The van der Waals surface area contributed by atoms with Gasteiger partial charge in [0.2, 0.25) is 0 Å². The maximum atomic E-state index is 11.7. The quantitative estimate of drug-likeness (QED) is 0.664. The van der Waals surface area contributed by atoms with Crippen molar-refractivity contribution in [3.8, 4) is 5.75 Å². The third kappa shape index (κ3) is 4.09. The molecule has 6 nitrogen and oxygen atoms in total. The lowest BCUT2D eigenvalue weighted by Crippen LogP contribution is -2.20. The van der Waals surface area contributed by atoms with Crippen LogP contribution in [0.4, 0.5) is 16.3 Å². The molecule has 0 radical (unpaired) electrons. The van der Waals surface area contributed by atoms with Gasteiger partial charge in [-0.1, -0.05) is 12.1 Å². The van der Waals surface area contributed by atoms with Crippen molar-refractivity contribution in [2.24, 2.45) is 0 Å². The number of amides is 2. The van der Waals surface area contributed by atoms with Crippen LogP contribution < -0.4 is 15.4 Å². The highest BCUT2D eigenvalue weighted by Crippen LogP contribution is 2.17. The summed E-state index contributed by atoms with van der Waals surface area (Å²) in [4.78, 5) is 26.6. The molecule has 1 aromatic heterocycles. The van der Waals surface area contributed by atoms with Crippen molar-refractivity contribution in [1.29, 1.82) is 0 Å². The molecule has 2 aromatic rings. The van der Waals surface area contributed by atoms with Gasteiger partial charge < -0.3 is 10.1 Å². The number of carbonyl (C=O) groups excluding carboxylic acids is 2. The van der Waals surface area contributed by atoms with Gasteiger partial charge in [0.05, 0.1) is 0 Å². The van der Waals surface area contributed by atoms with Crippen LogP contribution in [-0.2, 0) is 4.79 Å². The van der Waals surface area contributed by atoms with Crippen LogP contribution in [0, 0.1) is 0 Å². The summed E-state index contributed by atoms with van der Waals surface area (Å²) >= 11 is 0. The number of hydrogen-bond acceptors (Lipinski definition) is 4. The Kier molecular flexibility index (Phi) is 4.28. The summed E-state index contributed by atoms with van der Waals surface area (Å²) in [5, 5.41) is 5.20. The zero-order chi connectivity index (χ0) is 14.4. The number of pyridine rings is 1. The van der Waals surface area contributed by atoms with Crippen molar-refractivity contribution in [3.05, 3.63) is 48.7 Å². The van der Waals surface area contributed by atoms with Crippen LogP contribution in [0.25, 0.3) is 0 Å². The molecule has 1 aromatic carbocycles. The first-order valence-corrected chi connectivity index (χ1v) is 5.91. The molecule has 2 amide bonds. The SMILES string of the molecule is CC(=O)Oc1cccc(NC(=O)Nc2ccccn2)c1. The summed E-state index contributed by atoms with van der Waals surface area (Å²) < 4.78 is 4.93. The fourth-order valence-electron chi connectivity index (χ4n) is 1.52. The Morgan fingerprint density at radius 2 is 1.95 bits per heavy atom. The summed E-state index contributed by atoms with van der Waals surface area (Å²) in [6.45, 7) is 1.31. The average molecular weight is 271 g/mol. The van der Waals surface area contributed by atoms with Crippen molar-refractivity contribution in [2.45, 2.75) is 6.92 Å². The molecule has 0 fully saturated rings. The third-order valence-corrected chi connectivity index (χ3v) is 2.26.